The van der Waals surface area contributed by atoms with Gasteiger partial charge in [-0.05, 0) is 48.9 Å². The number of benzene rings is 1. The van der Waals surface area contributed by atoms with E-state index >= 15 is 0 Å². The lowest BCUT2D eigenvalue weighted by Gasteiger charge is -2.27. The summed E-state index contributed by atoms with van der Waals surface area (Å²) in [5.41, 5.74) is 2.62. The lowest BCUT2D eigenvalue weighted by molar-refractivity contribution is 0.348. The zero-order valence-electron chi connectivity index (χ0n) is 9.68. The fourth-order valence-corrected chi connectivity index (χ4v) is 3.60. The van der Waals surface area contributed by atoms with Gasteiger partial charge in [0.1, 0.15) is 0 Å². The van der Waals surface area contributed by atoms with Gasteiger partial charge in [-0.3, -0.25) is 0 Å². The quantitative estimate of drug-likeness (QED) is 0.622. The molecule has 0 spiro atoms. The van der Waals surface area contributed by atoms with Gasteiger partial charge in [0, 0.05) is 4.47 Å². The lowest BCUT2D eigenvalue weighted by Crippen LogP contribution is -2.13. The standard InChI is InChI=1S/C14H18BrCl/c1-10-9-12(15)7-8-13(10)14(16)11-5-3-2-4-6-11/h7-9,11,14H,2-6H2,1H3. The van der Waals surface area contributed by atoms with E-state index in [9.17, 15) is 0 Å². The van der Waals surface area contributed by atoms with E-state index in [1.165, 1.54) is 43.2 Å². The fraction of sp³-hybridized carbons (Fsp3) is 0.571. The zero-order valence-corrected chi connectivity index (χ0v) is 12.0. The summed E-state index contributed by atoms with van der Waals surface area (Å²) < 4.78 is 1.14. The van der Waals surface area contributed by atoms with E-state index < -0.39 is 0 Å². The van der Waals surface area contributed by atoms with Crippen LogP contribution in [0.2, 0.25) is 0 Å². The van der Waals surface area contributed by atoms with Crippen LogP contribution >= 0.6 is 27.5 Å². The molecule has 0 nitrogen and oxygen atoms in total. The molecule has 1 fully saturated rings. The predicted molar refractivity (Wildman–Crippen MR) is 74.0 cm³/mol. The number of hydrogen-bond acceptors (Lipinski definition) is 0. The third-order valence-electron chi connectivity index (χ3n) is 3.59. The molecule has 0 saturated heterocycles. The average molecular weight is 302 g/mol. The molecule has 88 valence electrons. The minimum absolute atomic E-state index is 0.202. The Kier molecular flexibility index (Phi) is 4.32. The molecule has 0 aromatic heterocycles. The van der Waals surface area contributed by atoms with E-state index in [0.717, 1.165) is 4.47 Å². The summed E-state index contributed by atoms with van der Waals surface area (Å²) in [5, 5.41) is 0.202. The molecule has 2 rings (SSSR count). The highest BCUT2D eigenvalue weighted by molar-refractivity contribution is 9.10. The Morgan fingerprint density at radius 2 is 1.94 bits per heavy atom. The van der Waals surface area contributed by atoms with Crippen LogP contribution in [0.1, 0.15) is 48.6 Å². The molecule has 1 atom stereocenters. The van der Waals surface area contributed by atoms with Gasteiger partial charge in [-0.2, -0.15) is 0 Å². The number of alkyl halides is 1. The molecular weight excluding hydrogens is 284 g/mol. The molecule has 0 radical (unpaired) electrons. The van der Waals surface area contributed by atoms with Gasteiger partial charge >= 0.3 is 0 Å². The van der Waals surface area contributed by atoms with E-state index in [0.29, 0.717) is 5.92 Å². The first-order valence-electron chi connectivity index (χ1n) is 6.08. The van der Waals surface area contributed by atoms with Gasteiger partial charge in [0.2, 0.25) is 0 Å². The summed E-state index contributed by atoms with van der Waals surface area (Å²) in [6, 6.07) is 6.43. The van der Waals surface area contributed by atoms with Gasteiger partial charge in [-0.15, -0.1) is 11.6 Å². The molecule has 16 heavy (non-hydrogen) atoms. The molecule has 0 heterocycles. The Balaban J connectivity index is 2.15. The first-order valence-corrected chi connectivity index (χ1v) is 7.31. The highest BCUT2D eigenvalue weighted by Crippen LogP contribution is 2.40. The summed E-state index contributed by atoms with van der Waals surface area (Å²) in [5.74, 6) is 0.676. The largest absolute Gasteiger partial charge is 0.118 e. The maximum atomic E-state index is 6.63. The molecule has 0 N–H and O–H groups in total. The molecule has 1 aliphatic rings. The molecule has 0 amide bonds. The van der Waals surface area contributed by atoms with Crippen molar-refractivity contribution >= 4 is 27.5 Å². The molecule has 1 aromatic carbocycles. The van der Waals surface area contributed by atoms with Crippen molar-refractivity contribution in [2.45, 2.75) is 44.4 Å². The molecule has 1 aliphatic carbocycles. The second-order valence-electron chi connectivity index (χ2n) is 4.80. The molecule has 0 aliphatic heterocycles. The number of rotatable bonds is 2. The Morgan fingerprint density at radius 1 is 1.25 bits per heavy atom. The van der Waals surface area contributed by atoms with Crippen molar-refractivity contribution in [3.05, 3.63) is 33.8 Å². The van der Waals surface area contributed by atoms with Crippen LogP contribution in [0.4, 0.5) is 0 Å². The van der Waals surface area contributed by atoms with Gasteiger partial charge in [0.05, 0.1) is 5.38 Å². The van der Waals surface area contributed by atoms with Gasteiger partial charge in [-0.1, -0.05) is 41.3 Å². The van der Waals surface area contributed by atoms with Crippen LogP contribution in [0.15, 0.2) is 22.7 Å². The molecule has 1 saturated carbocycles. The van der Waals surface area contributed by atoms with Crippen LogP contribution in [-0.4, -0.2) is 0 Å². The lowest BCUT2D eigenvalue weighted by atomic mass is 9.83. The van der Waals surface area contributed by atoms with Gasteiger partial charge in [0.15, 0.2) is 0 Å². The Hall–Kier alpha value is -0.0100. The van der Waals surface area contributed by atoms with Crippen LogP contribution < -0.4 is 0 Å². The normalized spacial score (nSPS) is 19.7. The maximum absolute atomic E-state index is 6.63. The summed E-state index contributed by atoms with van der Waals surface area (Å²) >= 11 is 10.1. The van der Waals surface area contributed by atoms with Crippen LogP contribution in [0, 0.1) is 12.8 Å². The number of halogens is 2. The predicted octanol–water partition coefficient (Wildman–Crippen LogP) is 5.62. The molecule has 1 aromatic rings. The molecule has 2 heteroatoms. The minimum Gasteiger partial charge on any atom is -0.118 e. The molecule has 1 unspecified atom stereocenters. The highest BCUT2D eigenvalue weighted by Gasteiger charge is 2.24. The molecular formula is C14H18BrCl. The van der Waals surface area contributed by atoms with E-state index in [2.05, 4.69) is 41.1 Å². The van der Waals surface area contributed by atoms with Crippen molar-refractivity contribution in [3.63, 3.8) is 0 Å². The van der Waals surface area contributed by atoms with Crippen molar-refractivity contribution < 1.29 is 0 Å². The SMILES string of the molecule is Cc1cc(Br)ccc1C(Cl)C1CCCCC1. The van der Waals surface area contributed by atoms with Crippen molar-refractivity contribution in [1.82, 2.24) is 0 Å². The maximum Gasteiger partial charge on any atom is 0.0615 e. The number of hydrogen-bond donors (Lipinski definition) is 0. The summed E-state index contributed by atoms with van der Waals surface area (Å²) in [7, 11) is 0. The van der Waals surface area contributed by atoms with Crippen molar-refractivity contribution in [2.75, 3.05) is 0 Å². The van der Waals surface area contributed by atoms with Crippen LogP contribution in [-0.2, 0) is 0 Å². The second kappa shape index (κ2) is 5.55. The van der Waals surface area contributed by atoms with Crippen molar-refractivity contribution in [1.29, 1.82) is 0 Å². The van der Waals surface area contributed by atoms with Crippen LogP contribution in [0.5, 0.6) is 0 Å². The summed E-state index contributed by atoms with van der Waals surface area (Å²) in [6.45, 7) is 2.15. The van der Waals surface area contributed by atoms with Crippen molar-refractivity contribution in [2.24, 2.45) is 5.92 Å². The third kappa shape index (κ3) is 2.81. The van der Waals surface area contributed by atoms with E-state index in [4.69, 9.17) is 11.6 Å². The first-order chi connectivity index (χ1) is 7.68. The monoisotopic (exact) mass is 300 g/mol. The smallest absolute Gasteiger partial charge is 0.0615 e. The Morgan fingerprint density at radius 3 is 2.56 bits per heavy atom. The zero-order chi connectivity index (χ0) is 11.5. The summed E-state index contributed by atoms with van der Waals surface area (Å²) in [4.78, 5) is 0. The fourth-order valence-electron chi connectivity index (χ4n) is 2.63. The average Bonchev–Trinajstić information content (AvgIpc) is 2.29. The molecule has 0 bridgehead atoms. The summed E-state index contributed by atoms with van der Waals surface area (Å²) in [6.07, 6.45) is 6.68. The highest BCUT2D eigenvalue weighted by atomic mass is 79.9. The van der Waals surface area contributed by atoms with E-state index in [1.807, 2.05) is 0 Å². The van der Waals surface area contributed by atoms with Crippen molar-refractivity contribution in [3.8, 4) is 0 Å². The van der Waals surface area contributed by atoms with Crippen LogP contribution in [0.25, 0.3) is 0 Å². The van der Waals surface area contributed by atoms with E-state index in [1.54, 1.807) is 0 Å². The number of aryl methyl sites for hydroxylation is 1. The Bertz CT molecular complexity index is 356. The van der Waals surface area contributed by atoms with Gasteiger partial charge in [0.25, 0.3) is 0 Å². The first kappa shape index (κ1) is 12.4. The van der Waals surface area contributed by atoms with Gasteiger partial charge in [-0.25, -0.2) is 0 Å². The minimum atomic E-state index is 0.202. The topological polar surface area (TPSA) is 0 Å². The van der Waals surface area contributed by atoms with Gasteiger partial charge < -0.3 is 0 Å². The second-order valence-corrected chi connectivity index (χ2v) is 6.19. The third-order valence-corrected chi connectivity index (χ3v) is 4.68. The van der Waals surface area contributed by atoms with E-state index in [-0.39, 0.29) is 5.38 Å². The van der Waals surface area contributed by atoms with Crippen LogP contribution in [0.3, 0.4) is 0 Å². The Labute approximate surface area is 112 Å².